The molecule has 0 aliphatic rings. The highest BCUT2D eigenvalue weighted by atomic mass is 19.3. The minimum atomic E-state index is -2.72. The van der Waals surface area contributed by atoms with Crippen molar-refractivity contribution >= 4 is 5.97 Å². The van der Waals surface area contributed by atoms with E-state index in [1.54, 1.807) is 20.8 Å². The molecule has 0 heterocycles. The van der Waals surface area contributed by atoms with Crippen molar-refractivity contribution in [2.75, 3.05) is 0 Å². The number of ether oxygens (including phenoxy) is 2. The molecule has 0 amide bonds. The van der Waals surface area contributed by atoms with Crippen molar-refractivity contribution in [2.24, 2.45) is 0 Å². The summed E-state index contributed by atoms with van der Waals surface area (Å²) in [6.45, 7) is 4.78. The number of alkyl halides is 2. The highest BCUT2D eigenvalue weighted by Gasteiger charge is 2.18. The van der Waals surface area contributed by atoms with E-state index >= 15 is 0 Å². The lowest BCUT2D eigenvalue weighted by molar-refractivity contribution is -0.134. The first-order valence-corrected chi connectivity index (χ1v) is 7.83. The minimum absolute atomic E-state index is 0.00254. The average Bonchev–Trinajstić information content (AvgIpc) is 2.56. The average molecular weight is 352 g/mol. The van der Waals surface area contributed by atoms with E-state index in [9.17, 15) is 18.0 Å². The SMILES string of the molecule is CCC(=O)Oc1cccc(F)c1COc1cc(C)c(C)cc1C(F)F. The summed E-state index contributed by atoms with van der Waals surface area (Å²) < 4.78 is 51.0. The summed E-state index contributed by atoms with van der Waals surface area (Å²) in [6, 6.07) is 6.88. The number of halogens is 3. The van der Waals surface area contributed by atoms with Crippen LogP contribution in [-0.4, -0.2) is 5.97 Å². The zero-order valence-corrected chi connectivity index (χ0v) is 14.2. The van der Waals surface area contributed by atoms with Gasteiger partial charge in [0.15, 0.2) is 0 Å². The van der Waals surface area contributed by atoms with Gasteiger partial charge in [0.25, 0.3) is 6.43 Å². The Bertz CT molecular complexity index is 773. The molecule has 134 valence electrons. The molecule has 6 heteroatoms. The molecule has 0 aliphatic heterocycles. The van der Waals surface area contributed by atoms with Crippen LogP contribution >= 0.6 is 0 Å². The van der Waals surface area contributed by atoms with E-state index in [4.69, 9.17) is 9.47 Å². The van der Waals surface area contributed by atoms with Crippen LogP contribution in [0.25, 0.3) is 0 Å². The number of hydrogen-bond donors (Lipinski definition) is 0. The summed E-state index contributed by atoms with van der Waals surface area (Å²) >= 11 is 0. The second kappa shape index (κ2) is 8.05. The van der Waals surface area contributed by atoms with E-state index < -0.39 is 18.2 Å². The molecule has 0 aromatic heterocycles. The van der Waals surface area contributed by atoms with Crippen molar-refractivity contribution in [1.29, 1.82) is 0 Å². The van der Waals surface area contributed by atoms with Gasteiger partial charge in [-0.05, 0) is 49.2 Å². The molecule has 0 unspecified atom stereocenters. The van der Waals surface area contributed by atoms with Crippen LogP contribution in [0.2, 0.25) is 0 Å². The molecule has 0 bridgehead atoms. The maximum atomic E-state index is 14.1. The van der Waals surface area contributed by atoms with Crippen molar-refractivity contribution in [3.8, 4) is 11.5 Å². The van der Waals surface area contributed by atoms with Gasteiger partial charge < -0.3 is 9.47 Å². The topological polar surface area (TPSA) is 35.5 Å². The van der Waals surface area contributed by atoms with Gasteiger partial charge in [-0.1, -0.05) is 13.0 Å². The Morgan fingerprint density at radius 3 is 2.44 bits per heavy atom. The highest BCUT2D eigenvalue weighted by Crippen LogP contribution is 2.33. The first kappa shape index (κ1) is 18.8. The van der Waals surface area contributed by atoms with Gasteiger partial charge in [0, 0.05) is 6.42 Å². The van der Waals surface area contributed by atoms with E-state index in [1.165, 1.54) is 30.3 Å². The van der Waals surface area contributed by atoms with E-state index in [-0.39, 0.29) is 35.7 Å². The smallest absolute Gasteiger partial charge is 0.310 e. The first-order valence-electron chi connectivity index (χ1n) is 7.83. The first-order chi connectivity index (χ1) is 11.8. The molecule has 3 nitrogen and oxygen atoms in total. The van der Waals surface area contributed by atoms with E-state index in [0.29, 0.717) is 5.56 Å². The number of rotatable bonds is 6. The van der Waals surface area contributed by atoms with Crippen molar-refractivity contribution in [1.82, 2.24) is 0 Å². The number of esters is 1. The third kappa shape index (κ3) is 4.53. The third-order valence-electron chi connectivity index (χ3n) is 3.82. The molecule has 2 rings (SSSR count). The summed E-state index contributed by atoms with van der Waals surface area (Å²) in [5.74, 6) is -1.15. The van der Waals surface area contributed by atoms with Gasteiger partial charge in [0.05, 0.1) is 11.1 Å². The lowest BCUT2D eigenvalue weighted by Gasteiger charge is -2.15. The lowest BCUT2D eigenvalue weighted by Crippen LogP contribution is -2.10. The molecule has 0 N–H and O–H groups in total. The largest absolute Gasteiger partial charge is 0.488 e. The molecule has 0 fully saturated rings. The molecule has 0 radical (unpaired) electrons. The van der Waals surface area contributed by atoms with Crippen LogP contribution in [0.3, 0.4) is 0 Å². The van der Waals surface area contributed by atoms with Gasteiger partial charge in [-0.2, -0.15) is 0 Å². The Morgan fingerprint density at radius 1 is 1.12 bits per heavy atom. The van der Waals surface area contributed by atoms with Crippen LogP contribution < -0.4 is 9.47 Å². The summed E-state index contributed by atoms with van der Waals surface area (Å²) in [6.07, 6.45) is -2.59. The number of benzene rings is 2. The normalized spacial score (nSPS) is 10.8. The van der Waals surface area contributed by atoms with E-state index in [0.717, 1.165) is 5.56 Å². The number of carbonyl (C=O) groups is 1. The number of hydrogen-bond acceptors (Lipinski definition) is 3. The predicted molar refractivity (Wildman–Crippen MR) is 87.5 cm³/mol. The Hall–Kier alpha value is -2.50. The molecule has 0 aliphatic carbocycles. The zero-order valence-electron chi connectivity index (χ0n) is 14.2. The molecular formula is C19H19F3O3. The number of carbonyl (C=O) groups excluding carboxylic acids is 1. The van der Waals surface area contributed by atoms with Crippen molar-refractivity contribution in [3.63, 3.8) is 0 Å². The molecule has 0 spiro atoms. The lowest BCUT2D eigenvalue weighted by atomic mass is 10.1. The number of aryl methyl sites for hydroxylation is 2. The van der Waals surface area contributed by atoms with Gasteiger partial charge in [-0.25, -0.2) is 13.2 Å². The van der Waals surface area contributed by atoms with E-state index in [1.807, 2.05) is 0 Å². The van der Waals surface area contributed by atoms with Crippen LogP contribution in [0.4, 0.5) is 13.2 Å². The van der Waals surface area contributed by atoms with Gasteiger partial charge in [-0.15, -0.1) is 0 Å². The summed E-state index contributed by atoms with van der Waals surface area (Å²) in [5, 5.41) is 0. The van der Waals surface area contributed by atoms with Gasteiger partial charge in [0.2, 0.25) is 0 Å². The summed E-state index contributed by atoms with van der Waals surface area (Å²) in [4.78, 5) is 11.5. The zero-order chi connectivity index (χ0) is 18.6. The van der Waals surface area contributed by atoms with Crippen molar-refractivity contribution < 1.29 is 27.4 Å². The van der Waals surface area contributed by atoms with E-state index in [2.05, 4.69) is 0 Å². The molecule has 0 saturated carbocycles. The second-order valence-corrected chi connectivity index (χ2v) is 5.61. The fraction of sp³-hybridized carbons (Fsp3) is 0.316. The van der Waals surface area contributed by atoms with Gasteiger partial charge in [0.1, 0.15) is 23.9 Å². The molecular weight excluding hydrogens is 333 g/mol. The fourth-order valence-electron chi connectivity index (χ4n) is 2.23. The molecule has 2 aromatic rings. The Kier molecular flexibility index (Phi) is 6.07. The summed E-state index contributed by atoms with van der Waals surface area (Å²) in [7, 11) is 0. The monoisotopic (exact) mass is 352 g/mol. The Morgan fingerprint density at radius 2 is 1.80 bits per heavy atom. The summed E-state index contributed by atoms with van der Waals surface area (Å²) in [5.41, 5.74) is 1.24. The molecule has 25 heavy (non-hydrogen) atoms. The molecule has 0 saturated heterocycles. The minimum Gasteiger partial charge on any atom is -0.488 e. The van der Waals surface area contributed by atoms with Crippen LogP contribution in [0.1, 0.15) is 42.0 Å². The molecule has 0 atom stereocenters. The van der Waals surface area contributed by atoms with Crippen molar-refractivity contribution in [3.05, 3.63) is 58.4 Å². The highest BCUT2D eigenvalue weighted by molar-refractivity contribution is 5.72. The van der Waals surface area contributed by atoms with Crippen LogP contribution in [-0.2, 0) is 11.4 Å². The maximum absolute atomic E-state index is 14.1. The van der Waals surface area contributed by atoms with Crippen LogP contribution in [0, 0.1) is 19.7 Å². The molecule has 2 aromatic carbocycles. The Labute approximate surface area is 144 Å². The van der Waals surface area contributed by atoms with Crippen LogP contribution in [0.15, 0.2) is 30.3 Å². The van der Waals surface area contributed by atoms with Crippen molar-refractivity contribution in [2.45, 2.75) is 40.2 Å². The quantitative estimate of drug-likeness (QED) is 0.524. The maximum Gasteiger partial charge on any atom is 0.310 e. The Balaban J connectivity index is 2.30. The van der Waals surface area contributed by atoms with Crippen LogP contribution in [0.5, 0.6) is 11.5 Å². The second-order valence-electron chi connectivity index (χ2n) is 5.61. The van der Waals surface area contributed by atoms with Gasteiger partial charge >= 0.3 is 5.97 Å². The predicted octanol–water partition coefficient (Wildman–Crippen LogP) is 5.27. The standard InChI is InChI=1S/C19H19F3O3/c1-4-18(23)25-16-7-5-6-15(20)14(16)10-24-17-9-12(3)11(2)8-13(17)19(21)22/h5-9,19H,4,10H2,1-3H3. The third-order valence-corrected chi connectivity index (χ3v) is 3.82. The van der Waals surface area contributed by atoms with Gasteiger partial charge in [-0.3, -0.25) is 4.79 Å². The fourth-order valence-corrected chi connectivity index (χ4v) is 2.23.